The fraction of sp³-hybridized carbons (Fsp3) is 0.105. The summed E-state index contributed by atoms with van der Waals surface area (Å²) in [5.41, 5.74) is 3.15. The predicted octanol–water partition coefficient (Wildman–Crippen LogP) is 3.30. The van der Waals surface area contributed by atoms with Gasteiger partial charge in [0.05, 0.1) is 18.3 Å². The molecule has 4 aromatic rings. The van der Waals surface area contributed by atoms with E-state index in [0.717, 1.165) is 16.8 Å². The number of para-hydroxylation sites is 3. The Morgan fingerprint density at radius 2 is 1.88 bits per heavy atom. The predicted molar refractivity (Wildman–Crippen MR) is 91.1 cm³/mol. The van der Waals surface area contributed by atoms with Gasteiger partial charge in [0.15, 0.2) is 12.2 Å². The smallest absolute Gasteiger partial charge is 0.310 e. The van der Waals surface area contributed by atoms with Crippen LogP contribution in [0.1, 0.15) is 11.5 Å². The van der Waals surface area contributed by atoms with Crippen LogP contribution in [0.2, 0.25) is 0 Å². The Morgan fingerprint density at radius 3 is 2.72 bits per heavy atom. The van der Waals surface area contributed by atoms with Gasteiger partial charge in [0, 0.05) is 11.8 Å². The molecule has 0 N–H and O–H groups in total. The zero-order chi connectivity index (χ0) is 17.1. The highest BCUT2D eigenvalue weighted by molar-refractivity contribution is 5.73. The van der Waals surface area contributed by atoms with E-state index in [1.54, 1.807) is 10.9 Å². The molecule has 2 aromatic heterocycles. The molecule has 6 nitrogen and oxygen atoms in total. The van der Waals surface area contributed by atoms with Crippen LogP contribution >= 0.6 is 0 Å². The number of esters is 1. The van der Waals surface area contributed by atoms with Gasteiger partial charge in [-0.15, -0.1) is 0 Å². The molecule has 25 heavy (non-hydrogen) atoms. The maximum atomic E-state index is 12.0. The van der Waals surface area contributed by atoms with Crippen LogP contribution in [-0.2, 0) is 22.6 Å². The lowest BCUT2D eigenvalue weighted by molar-refractivity contribution is -0.144. The Kier molecular flexibility index (Phi) is 4.00. The molecule has 6 heteroatoms. The standard InChI is InChI=1S/C19H15N3O3/c23-19(24-13-18-21-16-8-4-5-9-17(16)25-18)10-14-11-20-22(12-14)15-6-2-1-3-7-15/h1-9,11-12H,10,13H2. The second kappa shape index (κ2) is 6.60. The molecule has 0 aliphatic rings. The summed E-state index contributed by atoms with van der Waals surface area (Å²) in [6.45, 7) is 0.0142. The maximum absolute atomic E-state index is 12.0. The van der Waals surface area contributed by atoms with E-state index in [1.807, 2.05) is 60.8 Å². The summed E-state index contributed by atoms with van der Waals surface area (Å²) < 4.78 is 12.5. The molecule has 2 aromatic carbocycles. The van der Waals surface area contributed by atoms with Gasteiger partial charge in [-0.25, -0.2) is 9.67 Å². The molecule has 0 aliphatic carbocycles. The third-order valence-corrected chi connectivity index (χ3v) is 3.70. The first kappa shape index (κ1) is 15.1. The first-order chi connectivity index (χ1) is 12.3. The Bertz CT molecular complexity index is 972. The molecular formula is C19H15N3O3. The minimum Gasteiger partial charge on any atom is -0.455 e. The molecule has 0 amide bonds. The minimum absolute atomic E-state index is 0.0142. The van der Waals surface area contributed by atoms with Crippen LogP contribution in [0.15, 0.2) is 71.4 Å². The molecule has 4 rings (SSSR count). The van der Waals surface area contributed by atoms with Gasteiger partial charge in [-0.1, -0.05) is 30.3 Å². The van der Waals surface area contributed by atoms with Gasteiger partial charge < -0.3 is 9.15 Å². The zero-order valence-corrected chi connectivity index (χ0v) is 13.3. The molecule has 2 heterocycles. The van der Waals surface area contributed by atoms with E-state index in [2.05, 4.69) is 10.1 Å². The van der Waals surface area contributed by atoms with Crippen LogP contribution in [0.25, 0.3) is 16.8 Å². The van der Waals surface area contributed by atoms with Crippen LogP contribution in [0.4, 0.5) is 0 Å². The summed E-state index contributed by atoms with van der Waals surface area (Å²) in [5.74, 6) is 0.0319. The Labute approximate surface area is 143 Å². The summed E-state index contributed by atoms with van der Waals surface area (Å²) in [6, 6.07) is 17.1. The number of carbonyl (C=O) groups is 1. The summed E-state index contributed by atoms with van der Waals surface area (Å²) in [6.07, 6.45) is 3.62. The third-order valence-electron chi connectivity index (χ3n) is 3.70. The second-order valence-electron chi connectivity index (χ2n) is 5.54. The third kappa shape index (κ3) is 3.42. The van der Waals surface area contributed by atoms with E-state index in [0.29, 0.717) is 11.5 Å². The minimum atomic E-state index is -0.352. The topological polar surface area (TPSA) is 70.2 Å². The van der Waals surface area contributed by atoms with Crippen molar-refractivity contribution < 1.29 is 13.9 Å². The van der Waals surface area contributed by atoms with Crippen LogP contribution in [0, 0.1) is 0 Å². The van der Waals surface area contributed by atoms with Crippen LogP contribution < -0.4 is 0 Å². The van der Waals surface area contributed by atoms with Crippen molar-refractivity contribution in [2.24, 2.45) is 0 Å². The number of rotatable bonds is 5. The zero-order valence-electron chi connectivity index (χ0n) is 13.3. The summed E-state index contributed by atoms with van der Waals surface area (Å²) in [5, 5.41) is 4.26. The van der Waals surface area contributed by atoms with Crippen molar-refractivity contribution in [2.75, 3.05) is 0 Å². The highest BCUT2D eigenvalue weighted by Crippen LogP contribution is 2.15. The molecule has 124 valence electrons. The molecule has 0 fully saturated rings. The van der Waals surface area contributed by atoms with E-state index >= 15 is 0 Å². The molecule has 0 saturated carbocycles. The number of ether oxygens (including phenoxy) is 1. The van der Waals surface area contributed by atoms with E-state index in [1.165, 1.54) is 0 Å². The lowest BCUT2D eigenvalue weighted by Gasteiger charge is -2.01. The van der Waals surface area contributed by atoms with Crippen molar-refractivity contribution >= 4 is 17.1 Å². The van der Waals surface area contributed by atoms with E-state index < -0.39 is 0 Å². The van der Waals surface area contributed by atoms with E-state index in [-0.39, 0.29) is 19.0 Å². The van der Waals surface area contributed by atoms with Crippen molar-refractivity contribution in [3.63, 3.8) is 0 Å². The van der Waals surface area contributed by atoms with Crippen molar-refractivity contribution in [3.8, 4) is 5.69 Å². The van der Waals surface area contributed by atoms with Crippen LogP contribution in [0.5, 0.6) is 0 Å². The Hall–Kier alpha value is -3.41. The highest BCUT2D eigenvalue weighted by atomic mass is 16.5. The Morgan fingerprint density at radius 1 is 1.08 bits per heavy atom. The average Bonchev–Trinajstić information content (AvgIpc) is 3.27. The number of hydrogen-bond donors (Lipinski definition) is 0. The first-order valence-electron chi connectivity index (χ1n) is 7.87. The lowest BCUT2D eigenvalue weighted by atomic mass is 10.2. The van der Waals surface area contributed by atoms with Gasteiger partial charge in [0.25, 0.3) is 0 Å². The number of benzene rings is 2. The molecule has 0 saturated heterocycles. The van der Waals surface area contributed by atoms with Gasteiger partial charge in [-0.05, 0) is 24.3 Å². The fourth-order valence-corrected chi connectivity index (χ4v) is 2.51. The number of nitrogens with zero attached hydrogens (tertiary/aromatic N) is 3. The highest BCUT2D eigenvalue weighted by Gasteiger charge is 2.11. The summed E-state index contributed by atoms with van der Waals surface area (Å²) >= 11 is 0. The van der Waals surface area contributed by atoms with Crippen LogP contribution in [0.3, 0.4) is 0 Å². The SMILES string of the molecule is O=C(Cc1cnn(-c2ccccc2)c1)OCc1nc2ccccc2o1. The lowest BCUT2D eigenvalue weighted by Crippen LogP contribution is -2.07. The quantitative estimate of drug-likeness (QED) is 0.524. The monoisotopic (exact) mass is 333 g/mol. The maximum Gasteiger partial charge on any atom is 0.310 e. The van der Waals surface area contributed by atoms with E-state index in [4.69, 9.17) is 9.15 Å². The molecule has 0 spiro atoms. The van der Waals surface area contributed by atoms with Gasteiger partial charge >= 0.3 is 5.97 Å². The molecule has 0 unspecified atom stereocenters. The molecule has 0 bridgehead atoms. The number of aromatic nitrogens is 3. The first-order valence-corrected chi connectivity index (χ1v) is 7.87. The van der Waals surface area contributed by atoms with Gasteiger partial charge in [-0.3, -0.25) is 4.79 Å². The van der Waals surface area contributed by atoms with Crippen molar-refractivity contribution in [2.45, 2.75) is 13.0 Å². The molecule has 0 aliphatic heterocycles. The summed E-state index contributed by atoms with van der Waals surface area (Å²) in [4.78, 5) is 16.3. The number of fused-ring (bicyclic) bond motifs is 1. The van der Waals surface area contributed by atoms with Gasteiger partial charge in [-0.2, -0.15) is 5.10 Å². The second-order valence-corrected chi connectivity index (χ2v) is 5.54. The van der Waals surface area contributed by atoms with Gasteiger partial charge in [0.2, 0.25) is 5.89 Å². The fourth-order valence-electron chi connectivity index (χ4n) is 2.51. The van der Waals surface area contributed by atoms with Crippen molar-refractivity contribution in [1.29, 1.82) is 0 Å². The summed E-state index contributed by atoms with van der Waals surface area (Å²) in [7, 11) is 0. The van der Waals surface area contributed by atoms with E-state index in [9.17, 15) is 4.79 Å². The van der Waals surface area contributed by atoms with Crippen molar-refractivity contribution in [3.05, 3.63) is 78.4 Å². The molecule has 0 atom stereocenters. The number of hydrogen-bond acceptors (Lipinski definition) is 5. The largest absolute Gasteiger partial charge is 0.455 e. The van der Waals surface area contributed by atoms with Crippen LogP contribution in [-0.4, -0.2) is 20.7 Å². The molecular weight excluding hydrogens is 318 g/mol. The van der Waals surface area contributed by atoms with Crippen molar-refractivity contribution in [1.82, 2.24) is 14.8 Å². The number of oxazole rings is 1. The Balaban J connectivity index is 1.37. The normalized spacial score (nSPS) is 10.9. The number of carbonyl (C=O) groups excluding carboxylic acids is 1. The molecule has 0 radical (unpaired) electrons. The average molecular weight is 333 g/mol. The van der Waals surface area contributed by atoms with Gasteiger partial charge in [0.1, 0.15) is 5.52 Å².